The molecule has 0 unspecified atom stereocenters. The quantitative estimate of drug-likeness (QED) is 0.838. The third kappa shape index (κ3) is 4.64. The maximum absolute atomic E-state index is 6.14. The molecule has 5 nitrogen and oxygen atoms in total. The van der Waals surface area contributed by atoms with Crippen LogP contribution in [0.4, 0.5) is 17.5 Å². The molecule has 2 fully saturated rings. The normalized spacial score (nSPS) is 18.6. The monoisotopic (exact) mass is 385 g/mol. The zero-order chi connectivity index (χ0) is 18.6. The van der Waals surface area contributed by atoms with Gasteiger partial charge in [-0.25, -0.2) is 4.98 Å². The smallest absolute Gasteiger partial charge is 0.227 e. The van der Waals surface area contributed by atoms with Crippen LogP contribution in [-0.4, -0.2) is 42.2 Å². The van der Waals surface area contributed by atoms with E-state index in [2.05, 4.69) is 34.2 Å². The van der Waals surface area contributed by atoms with Gasteiger partial charge >= 0.3 is 0 Å². The van der Waals surface area contributed by atoms with E-state index in [9.17, 15) is 0 Å². The largest absolute Gasteiger partial charge is 0.368 e. The van der Waals surface area contributed by atoms with Crippen LogP contribution >= 0.6 is 11.6 Å². The molecular weight excluding hydrogens is 358 g/mol. The maximum atomic E-state index is 6.14. The van der Waals surface area contributed by atoms with Gasteiger partial charge in [0.2, 0.25) is 5.95 Å². The van der Waals surface area contributed by atoms with E-state index in [4.69, 9.17) is 21.6 Å². The van der Waals surface area contributed by atoms with Crippen molar-refractivity contribution in [3.63, 3.8) is 0 Å². The number of anilines is 3. The summed E-state index contributed by atoms with van der Waals surface area (Å²) >= 11 is 6.14. The minimum absolute atomic E-state index is 0.556. The highest BCUT2D eigenvalue weighted by molar-refractivity contribution is 6.30. The van der Waals surface area contributed by atoms with Gasteiger partial charge in [-0.1, -0.05) is 36.9 Å². The molecule has 1 aromatic heterocycles. The van der Waals surface area contributed by atoms with E-state index in [-0.39, 0.29) is 0 Å². The topological polar surface area (TPSA) is 44.3 Å². The predicted octanol–water partition coefficient (Wildman–Crippen LogP) is 4.51. The van der Waals surface area contributed by atoms with Crippen LogP contribution in [0.2, 0.25) is 5.02 Å². The van der Waals surface area contributed by atoms with Crippen LogP contribution in [0.5, 0.6) is 0 Å². The summed E-state index contributed by atoms with van der Waals surface area (Å²) in [6.07, 6.45) is 6.50. The Morgan fingerprint density at radius 3 is 2.44 bits per heavy atom. The third-order valence-electron chi connectivity index (χ3n) is 5.54. The summed E-state index contributed by atoms with van der Waals surface area (Å²) in [5.41, 5.74) is 2.21. The SMILES string of the molecule is Cc1cc(NC2CCCCC2)nc(N2CCN(c3cccc(Cl)c3)CC2)n1. The molecule has 2 aliphatic rings. The van der Waals surface area contributed by atoms with Gasteiger partial charge in [-0.05, 0) is 38.0 Å². The van der Waals surface area contributed by atoms with Crippen LogP contribution in [0.1, 0.15) is 37.8 Å². The van der Waals surface area contributed by atoms with Crippen molar-refractivity contribution in [1.82, 2.24) is 9.97 Å². The third-order valence-corrected chi connectivity index (χ3v) is 5.77. The van der Waals surface area contributed by atoms with Crippen LogP contribution in [0, 0.1) is 6.92 Å². The van der Waals surface area contributed by atoms with Gasteiger partial charge < -0.3 is 15.1 Å². The first-order valence-corrected chi connectivity index (χ1v) is 10.4. The second-order valence-corrected chi connectivity index (χ2v) is 8.06. The molecule has 0 radical (unpaired) electrons. The lowest BCUT2D eigenvalue weighted by Crippen LogP contribution is -2.47. The number of hydrogen-bond donors (Lipinski definition) is 1. The number of hydrogen-bond acceptors (Lipinski definition) is 5. The molecular formula is C21H28ClN5. The maximum Gasteiger partial charge on any atom is 0.227 e. The van der Waals surface area contributed by atoms with Gasteiger partial charge in [0.05, 0.1) is 0 Å². The molecule has 144 valence electrons. The summed E-state index contributed by atoms with van der Waals surface area (Å²) < 4.78 is 0. The van der Waals surface area contributed by atoms with Gasteiger partial charge in [0, 0.05) is 54.7 Å². The van der Waals surface area contributed by atoms with Crippen molar-refractivity contribution in [2.24, 2.45) is 0 Å². The molecule has 1 aliphatic heterocycles. The molecule has 2 heterocycles. The molecule has 0 bridgehead atoms. The number of benzene rings is 1. The molecule has 1 saturated carbocycles. The number of nitrogens with one attached hydrogen (secondary N) is 1. The van der Waals surface area contributed by atoms with Gasteiger partial charge in [-0.3, -0.25) is 0 Å². The standard InChI is InChI=1S/C21H28ClN5/c1-16-14-20(24-18-7-3-2-4-8-18)25-21(23-16)27-12-10-26(11-13-27)19-9-5-6-17(22)15-19/h5-6,9,14-15,18H,2-4,7-8,10-13H2,1H3,(H,23,24,25). The fourth-order valence-corrected chi connectivity index (χ4v) is 4.25. The van der Waals surface area contributed by atoms with E-state index in [1.54, 1.807) is 0 Å². The summed E-state index contributed by atoms with van der Waals surface area (Å²) in [5.74, 6) is 1.82. The number of aromatic nitrogens is 2. The average molecular weight is 386 g/mol. The highest BCUT2D eigenvalue weighted by Gasteiger charge is 2.21. The molecule has 6 heteroatoms. The number of rotatable bonds is 4. The van der Waals surface area contributed by atoms with Gasteiger partial charge in [0.1, 0.15) is 5.82 Å². The van der Waals surface area contributed by atoms with E-state index in [0.717, 1.165) is 48.7 Å². The Bertz CT molecular complexity index is 767. The van der Waals surface area contributed by atoms with Crippen molar-refractivity contribution in [3.8, 4) is 0 Å². The van der Waals surface area contributed by atoms with Crippen LogP contribution < -0.4 is 15.1 Å². The minimum atomic E-state index is 0.556. The molecule has 1 N–H and O–H groups in total. The first-order valence-electron chi connectivity index (χ1n) is 10.0. The van der Waals surface area contributed by atoms with Crippen molar-refractivity contribution in [3.05, 3.63) is 41.0 Å². The Balaban J connectivity index is 1.41. The lowest BCUT2D eigenvalue weighted by molar-refractivity contribution is 0.461. The van der Waals surface area contributed by atoms with Crippen molar-refractivity contribution < 1.29 is 0 Å². The minimum Gasteiger partial charge on any atom is -0.368 e. The van der Waals surface area contributed by atoms with Crippen LogP contribution in [0.25, 0.3) is 0 Å². The number of nitrogens with zero attached hydrogens (tertiary/aromatic N) is 4. The molecule has 4 rings (SSSR count). The van der Waals surface area contributed by atoms with E-state index in [1.807, 2.05) is 18.2 Å². The molecule has 0 amide bonds. The first kappa shape index (κ1) is 18.4. The van der Waals surface area contributed by atoms with Gasteiger partial charge in [-0.2, -0.15) is 4.98 Å². The van der Waals surface area contributed by atoms with Crippen LogP contribution in [-0.2, 0) is 0 Å². The summed E-state index contributed by atoms with van der Waals surface area (Å²) in [4.78, 5) is 14.2. The lowest BCUT2D eigenvalue weighted by atomic mass is 9.95. The van der Waals surface area contributed by atoms with Crippen molar-refractivity contribution in [1.29, 1.82) is 0 Å². The Kier molecular flexibility index (Phi) is 5.67. The van der Waals surface area contributed by atoms with E-state index in [1.165, 1.54) is 37.8 Å². The highest BCUT2D eigenvalue weighted by atomic mass is 35.5. The van der Waals surface area contributed by atoms with E-state index >= 15 is 0 Å². The molecule has 0 atom stereocenters. The molecule has 1 aromatic carbocycles. The Morgan fingerprint density at radius 2 is 1.70 bits per heavy atom. The molecule has 0 spiro atoms. The van der Waals surface area contributed by atoms with Crippen molar-refractivity contribution >= 4 is 29.1 Å². The molecule has 1 saturated heterocycles. The summed E-state index contributed by atoms with van der Waals surface area (Å²) in [5, 5.41) is 4.43. The van der Waals surface area contributed by atoms with E-state index < -0.39 is 0 Å². The highest BCUT2D eigenvalue weighted by Crippen LogP contribution is 2.24. The number of piperazine rings is 1. The molecule has 1 aliphatic carbocycles. The van der Waals surface area contributed by atoms with Crippen LogP contribution in [0.3, 0.4) is 0 Å². The van der Waals surface area contributed by atoms with Crippen LogP contribution in [0.15, 0.2) is 30.3 Å². The van der Waals surface area contributed by atoms with Gasteiger partial charge in [0.25, 0.3) is 0 Å². The average Bonchev–Trinajstić information content (AvgIpc) is 2.68. The van der Waals surface area contributed by atoms with Crippen molar-refractivity contribution in [2.45, 2.75) is 45.1 Å². The first-order chi connectivity index (χ1) is 13.2. The Hall–Kier alpha value is -2.01. The zero-order valence-electron chi connectivity index (χ0n) is 16.0. The second kappa shape index (κ2) is 8.34. The fourth-order valence-electron chi connectivity index (χ4n) is 4.06. The van der Waals surface area contributed by atoms with Gasteiger partial charge in [0.15, 0.2) is 0 Å². The summed E-state index contributed by atoms with van der Waals surface area (Å²) in [6, 6.07) is 10.7. The number of halogens is 1. The molecule has 27 heavy (non-hydrogen) atoms. The Morgan fingerprint density at radius 1 is 0.963 bits per heavy atom. The molecule has 2 aromatic rings. The fraction of sp³-hybridized carbons (Fsp3) is 0.524. The second-order valence-electron chi connectivity index (χ2n) is 7.63. The number of aryl methyl sites for hydroxylation is 1. The predicted molar refractivity (Wildman–Crippen MR) is 113 cm³/mol. The summed E-state index contributed by atoms with van der Waals surface area (Å²) in [7, 11) is 0. The lowest BCUT2D eigenvalue weighted by Gasteiger charge is -2.36. The van der Waals surface area contributed by atoms with Gasteiger partial charge in [-0.15, -0.1) is 0 Å². The van der Waals surface area contributed by atoms with E-state index in [0.29, 0.717) is 6.04 Å². The zero-order valence-corrected chi connectivity index (χ0v) is 16.8. The van der Waals surface area contributed by atoms with Crippen molar-refractivity contribution in [2.75, 3.05) is 41.3 Å². The summed E-state index contributed by atoms with van der Waals surface area (Å²) in [6.45, 7) is 5.78. The Labute approximate surface area is 166 Å².